The molecule has 97 valence electrons. The van der Waals surface area contributed by atoms with E-state index in [1.54, 1.807) is 0 Å². The van der Waals surface area contributed by atoms with Crippen LogP contribution in [0.2, 0.25) is 0 Å². The Balaban J connectivity index is 0. The van der Waals surface area contributed by atoms with Gasteiger partial charge in [-0.2, -0.15) is 5.70 Å². The zero-order valence-electron chi connectivity index (χ0n) is 12.2. The number of terminal acetylenes is 1. The Labute approximate surface area is 138 Å². The van der Waals surface area contributed by atoms with E-state index in [4.69, 9.17) is 18.7 Å². The van der Waals surface area contributed by atoms with E-state index in [0.29, 0.717) is 23.5 Å². The Morgan fingerprint density at radius 2 is 1.44 bits per heavy atom. The minimum absolute atomic E-state index is 0. The van der Waals surface area contributed by atoms with Gasteiger partial charge in [0.05, 0.1) is 0 Å². The van der Waals surface area contributed by atoms with Crippen LogP contribution in [0.1, 0.15) is 34.6 Å². The fourth-order valence-corrected chi connectivity index (χ4v) is 1.53. The van der Waals surface area contributed by atoms with Gasteiger partial charge in [-0.05, 0) is 18.8 Å². The van der Waals surface area contributed by atoms with Gasteiger partial charge in [-0.3, -0.25) is 0 Å². The van der Waals surface area contributed by atoms with E-state index in [1.165, 1.54) is 0 Å². The van der Waals surface area contributed by atoms with Crippen LogP contribution in [-0.4, -0.2) is 0 Å². The number of hydrogen-bond acceptors (Lipinski definition) is 1. The quantitative estimate of drug-likeness (QED) is 0.625. The zero-order chi connectivity index (χ0) is 13.6. The summed E-state index contributed by atoms with van der Waals surface area (Å²) in [6.07, 6.45) is 5.45. The average molecular weight is 319 g/mol. The first-order valence-electron chi connectivity index (χ1n) is 6.16. The molecule has 0 saturated heterocycles. The standard InChI is InChI=1S/C16H24N.Y/c1-8-11(2)14(5)15(6)12(3)9-10-13(4)16(7)17;/h1,7,11-15H,17H2,2-6H3;/q-1;. The maximum Gasteiger partial charge on any atom is 0.0233 e. The zero-order valence-corrected chi connectivity index (χ0v) is 15.0. The predicted octanol–water partition coefficient (Wildman–Crippen LogP) is 3.08. The number of allylic oxidation sites excluding steroid dienone is 1. The third-order valence-corrected chi connectivity index (χ3v) is 3.70. The van der Waals surface area contributed by atoms with Gasteiger partial charge in [0.1, 0.15) is 0 Å². The van der Waals surface area contributed by atoms with Gasteiger partial charge >= 0.3 is 0 Å². The van der Waals surface area contributed by atoms with Crippen molar-refractivity contribution in [3.8, 4) is 24.2 Å². The third-order valence-electron chi connectivity index (χ3n) is 3.70. The molecule has 0 aromatic heterocycles. The summed E-state index contributed by atoms with van der Waals surface area (Å²) in [7, 11) is 0. The molecule has 0 amide bonds. The fraction of sp³-hybridized carbons (Fsp3) is 0.625. The predicted molar refractivity (Wildman–Crippen MR) is 74.4 cm³/mol. The van der Waals surface area contributed by atoms with Crippen molar-refractivity contribution in [3.63, 3.8) is 0 Å². The summed E-state index contributed by atoms with van der Waals surface area (Å²) in [5.41, 5.74) is 5.87. The molecule has 2 heteroatoms. The SMILES string of the molecule is C#CC(C)C(C)C(C)C(C)C#CC(C)C(=[CH-])N.[Y]. The minimum atomic E-state index is -0.0509. The molecule has 0 saturated carbocycles. The van der Waals surface area contributed by atoms with E-state index >= 15 is 0 Å². The van der Waals surface area contributed by atoms with Crippen molar-refractivity contribution in [1.29, 1.82) is 0 Å². The third kappa shape index (κ3) is 6.63. The second-order valence-electron chi connectivity index (χ2n) is 4.97. The molecule has 0 aliphatic carbocycles. The van der Waals surface area contributed by atoms with Gasteiger partial charge in [0.15, 0.2) is 0 Å². The fourth-order valence-electron chi connectivity index (χ4n) is 1.53. The Hall–Kier alpha value is -0.236. The van der Waals surface area contributed by atoms with E-state index in [0.717, 1.165) is 0 Å². The summed E-state index contributed by atoms with van der Waals surface area (Å²) < 4.78 is 0. The topological polar surface area (TPSA) is 26.0 Å². The van der Waals surface area contributed by atoms with Crippen LogP contribution in [0, 0.1) is 60.4 Å². The van der Waals surface area contributed by atoms with Crippen molar-refractivity contribution in [2.75, 3.05) is 0 Å². The molecular weight excluding hydrogens is 295 g/mol. The molecule has 0 aromatic carbocycles. The monoisotopic (exact) mass is 319 g/mol. The van der Waals surface area contributed by atoms with Crippen molar-refractivity contribution in [2.45, 2.75) is 34.6 Å². The molecule has 1 nitrogen and oxygen atoms in total. The van der Waals surface area contributed by atoms with E-state index in [9.17, 15) is 0 Å². The Morgan fingerprint density at radius 3 is 1.83 bits per heavy atom. The van der Waals surface area contributed by atoms with Crippen molar-refractivity contribution < 1.29 is 32.7 Å². The van der Waals surface area contributed by atoms with E-state index in [-0.39, 0.29) is 44.5 Å². The molecule has 5 unspecified atom stereocenters. The summed E-state index contributed by atoms with van der Waals surface area (Å²) in [6, 6.07) is 0. The normalized spacial score (nSPS) is 17.8. The number of hydrogen-bond donors (Lipinski definition) is 1. The molecule has 5 atom stereocenters. The molecule has 2 N–H and O–H groups in total. The van der Waals surface area contributed by atoms with Crippen LogP contribution in [-0.2, 0) is 32.7 Å². The first-order chi connectivity index (χ1) is 7.81. The molecule has 0 spiro atoms. The second kappa shape index (κ2) is 9.66. The van der Waals surface area contributed by atoms with E-state index in [1.807, 2.05) is 6.92 Å². The van der Waals surface area contributed by atoms with Crippen LogP contribution < -0.4 is 5.73 Å². The second-order valence-corrected chi connectivity index (χ2v) is 4.97. The van der Waals surface area contributed by atoms with E-state index in [2.05, 4.69) is 45.5 Å². The first kappa shape index (κ1) is 20.1. The Bertz CT molecular complexity index is 356. The summed E-state index contributed by atoms with van der Waals surface area (Å²) in [5, 5.41) is 0. The minimum Gasteiger partial charge on any atom is -0.493 e. The molecule has 0 aliphatic heterocycles. The van der Waals surface area contributed by atoms with Gasteiger partial charge in [0.25, 0.3) is 0 Å². The first-order valence-corrected chi connectivity index (χ1v) is 6.16. The van der Waals surface area contributed by atoms with Crippen LogP contribution in [0.15, 0.2) is 5.70 Å². The molecule has 0 aliphatic rings. The Morgan fingerprint density at radius 1 is 1.00 bits per heavy atom. The molecule has 0 aromatic rings. The Kier molecular flexibility index (Phi) is 10.8. The maximum absolute atomic E-state index is 5.49. The van der Waals surface area contributed by atoms with Crippen LogP contribution in [0.25, 0.3) is 0 Å². The summed E-state index contributed by atoms with van der Waals surface area (Å²) >= 11 is 0. The molecule has 0 heterocycles. The molecule has 0 rings (SSSR count). The van der Waals surface area contributed by atoms with Crippen molar-refractivity contribution in [1.82, 2.24) is 0 Å². The van der Waals surface area contributed by atoms with Crippen LogP contribution in [0.4, 0.5) is 0 Å². The van der Waals surface area contributed by atoms with Gasteiger partial charge in [-0.15, -0.1) is 12.3 Å². The molecular formula is C16H24NY-. The smallest absolute Gasteiger partial charge is 0.0233 e. The number of nitrogens with two attached hydrogens (primary N) is 1. The largest absolute Gasteiger partial charge is 0.493 e. The molecule has 1 radical (unpaired) electrons. The number of rotatable bonds is 4. The maximum atomic E-state index is 5.49. The van der Waals surface area contributed by atoms with Crippen molar-refractivity contribution in [3.05, 3.63) is 12.3 Å². The van der Waals surface area contributed by atoms with Gasteiger partial charge < -0.3 is 12.3 Å². The van der Waals surface area contributed by atoms with Gasteiger partial charge in [-0.1, -0.05) is 39.5 Å². The van der Waals surface area contributed by atoms with Crippen molar-refractivity contribution >= 4 is 0 Å². The van der Waals surface area contributed by atoms with Gasteiger partial charge in [0.2, 0.25) is 0 Å². The van der Waals surface area contributed by atoms with E-state index < -0.39 is 0 Å². The molecule has 0 bridgehead atoms. The molecule has 0 fully saturated rings. The van der Waals surface area contributed by atoms with Crippen LogP contribution in [0.3, 0.4) is 0 Å². The summed E-state index contributed by atoms with van der Waals surface area (Å²) in [4.78, 5) is 0. The van der Waals surface area contributed by atoms with Gasteiger partial charge in [-0.25, -0.2) is 0 Å². The summed E-state index contributed by atoms with van der Waals surface area (Å²) in [6.45, 7) is 16.0. The summed E-state index contributed by atoms with van der Waals surface area (Å²) in [5.74, 6) is 10.5. The molecule has 18 heavy (non-hydrogen) atoms. The van der Waals surface area contributed by atoms with Crippen LogP contribution in [0.5, 0.6) is 0 Å². The van der Waals surface area contributed by atoms with Crippen molar-refractivity contribution in [2.24, 2.45) is 35.3 Å². The van der Waals surface area contributed by atoms with Crippen LogP contribution >= 0.6 is 0 Å². The van der Waals surface area contributed by atoms with Gasteiger partial charge in [0, 0.05) is 50.5 Å². The average Bonchev–Trinajstić information content (AvgIpc) is 2.32.